The first-order valence-corrected chi connectivity index (χ1v) is 7.70. The van der Waals surface area contributed by atoms with Crippen LogP contribution in [0.15, 0.2) is 42.5 Å². The van der Waals surface area contributed by atoms with E-state index in [0.29, 0.717) is 11.4 Å². The lowest BCUT2D eigenvalue weighted by molar-refractivity contribution is -0.137. The lowest BCUT2D eigenvalue weighted by Gasteiger charge is -2.21. The summed E-state index contributed by atoms with van der Waals surface area (Å²) in [5.74, 6) is -0.455. The quantitative estimate of drug-likeness (QED) is 0.819. The number of rotatable bonds is 3. The minimum absolute atomic E-state index is 0.185. The predicted molar refractivity (Wildman–Crippen MR) is 91.1 cm³/mol. The first-order chi connectivity index (χ1) is 11.5. The monoisotopic (exact) mass is 351 g/mol. The molecule has 6 heteroatoms. The van der Waals surface area contributed by atoms with Crippen LogP contribution in [-0.2, 0) is 11.6 Å². The van der Waals surface area contributed by atoms with E-state index in [4.69, 9.17) is 4.74 Å². The number of hydrogen-bond donors (Lipinski definition) is 1. The molecule has 1 amide bonds. The van der Waals surface area contributed by atoms with Gasteiger partial charge in [-0.25, -0.2) is 0 Å². The van der Waals surface area contributed by atoms with Gasteiger partial charge in [0.1, 0.15) is 5.75 Å². The zero-order valence-corrected chi connectivity index (χ0v) is 14.5. The second kappa shape index (κ2) is 6.78. The smallest absolute Gasteiger partial charge is 0.417 e. The molecule has 3 nitrogen and oxygen atoms in total. The average Bonchev–Trinajstić information content (AvgIpc) is 2.53. The van der Waals surface area contributed by atoms with Gasteiger partial charge in [-0.1, -0.05) is 39.0 Å². The number of hydrogen-bond acceptors (Lipinski definition) is 2. The summed E-state index contributed by atoms with van der Waals surface area (Å²) in [5.41, 5.74) is -0.336. The Morgan fingerprint density at radius 2 is 1.68 bits per heavy atom. The van der Waals surface area contributed by atoms with Crippen molar-refractivity contribution >= 4 is 11.6 Å². The maximum absolute atomic E-state index is 13.1. The van der Waals surface area contributed by atoms with Crippen LogP contribution in [0, 0.1) is 0 Å². The number of carbonyl (C=O) groups is 1. The highest BCUT2D eigenvalue weighted by atomic mass is 19.4. The van der Waals surface area contributed by atoms with Crippen molar-refractivity contribution in [2.45, 2.75) is 32.4 Å². The Kier molecular flexibility index (Phi) is 5.11. The summed E-state index contributed by atoms with van der Waals surface area (Å²) in [7, 11) is 1.44. The van der Waals surface area contributed by atoms with E-state index in [1.807, 2.05) is 26.8 Å². The largest absolute Gasteiger partial charge is 0.495 e. The summed E-state index contributed by atoms with van der Waals surface area (Å²) in [6.45, 7) is 6.00. The van der Waals surface area contributed by atoms with Crippen molar-refractivity contribution in [3.8, 4) is 5.75 Å². The maximum atomic E-state index is 13.1. The molecule has 0 saturated carbocycles. The van der Waals surface area contributed by atoms with Gasteiger partial charge in [-0.15, -0.1) is 0 Å². The average molecular weight is 351 g/mol. The summed E-state index contributed by atoms with van der Waals surface area (Å²) in [5, 5.41) is 2.54. The molecule has 0 fully saturated rings. The van der Waals surface area contributed by atoms with Gasteiger partial charge in [0.15, 0.2) is 0 Å². The van der Waals surface area contributed by atoms with Crippen LogP contribution < -0.4 is 10.1 Å². The molecule has 1 N–H and O–H groups in total. The zero-order chi connectivity index (χ0) is 18.8. The van der Waals surface area contributed by atoms with Crippen molar-refractivity contribution in [3.05, 3.63) is 59.2 Å². The molecule has 2 aromatic rings. The minimum atomic E-state index is -4.61. The van der Waals surface area contributed by atoms with E-state index in [2.05, 4.69) is 5.32 Å². The number of methoxy groups -OCH3 is 1. The van der Waals surface area contributed by atoms with Gasteiger partial charge in [-0.05, 0) is 35.2 Å². The molecule has 0 bridgehead atoms. The Bertz CT molecular complexity index is 777. The molecule has 0 atom stereocenters. The van der Waals surface area contributed by atoms with Crippen molar-refractivity contribution in [1.82, 2.24) is 0 Å². The van der Waals surface area contributed by atoms with E-state index in [-0.39, 0.29) is 5.41 Å². The predicted octanol–water partition coefficient (Wildman–Crippen LogP) is 5.26. The number of nitrogens with one attached hydrogen (secondary N) is 1. The van der Waals surface area contributed by atoms with Crippen LogP contribution in [0.25, 0.3) is 0 Å². The number of amides is 1. The number of ether oxygens (including phenoxy) is 1. The first kappa shape index (κ1) is 18.8. The Morgan fingerprint density at radius 1 is 1.04 bits per heavy atom. The van der Waals surface area contributed by atoms with Gasteiger partial charge in [0.25, 0.3) is 5.91 Å². The molecular weight excluding hydrogens is 331 g/mol. The van der Waals surface area contributed by atoms with Gasteiger partial charge in [0.2, 0.25) is 0 Å². The van der Waals surface area contributed by atoms with E-state index >= 15 is 0 Å². The highest BCUT2D eigenvalue weighted by Crippen LogP contribution is 2.34. The standard InChI is InChI=1S/C19H20F3NO2/c1-18(2,3)12-9-10-16(25-4)15(11-12)23-17(24)13-7-5-6-8-14(13)19(20,21)22/h5-11H,1-4H3,(H,23,24). The molecule has 0 aromatic heterocycles. The van der Waals surface area contributed by atoms with E-state index < -0.39 is 23.2 Å². The molecule has 0 unspecified atom stereocenters. The van der Waals surface area contributed by atoms with Gasteiger partial charge in [-0.3, -0.25) is 4.79 Å². The van der Waals surface area contributed by atoms with Crippen molar-refractivity contribution in [2.24, 2.45) is 0 Å². The number of carbonyl (C=O) groups excluding carboxylic acids is 1. The fourth-order valence-corrected chi connectivity index (χ4v) is 2.39. The molecule has 25 heavy (non-hydrogen) atoms. The summed E-state index contributed by atoms with van der Waals surface area (Å²) in [4.78, 5) is 12.4. The topological polar surface area (TPSA) is 38.3 Å². The van der Waals surface area contributed by atoms with Crippen LogP contribution in [0.4, 0.5) is 18.9 Å². The number of alkyl halides is 3. The molecule has 0 saturated heterocycles. The molecule has 2 rings (SSSR count). The van der Waals surface area contributed by atoms with Crippen molar-refractivity contribution in [3.63, 3.8) is 0 Å². The summed E-state index contributed by atoms with van der Waals surface area (Å²) < 4.78 is 44.5. The molecule has 134 valence electrons. The molecule has 0 radical (unpaired) electrons. The van der Waals surface area contributed by atoms with Crippen molar-refractivity contribution in [2.75, 3.05) is 12.4 Å². The van der Waals surface area contributed by atoms with Crippen LogP contribution >= 0.6 is 0 Å². The van der Waals surface area contributed by atoms with Gasteiger partial charge in [-0.2, -0.15) is 13.2 Å². The third kappa shape index (κ3) is 4.32. The van der Waals surface area contributed by atoms with Gasteiger partial charge in [0.05, 0.1) is 23.9 Å². The Morgan fingerprint density at radius 3 is 2.24 bits per heavy atom. The highest BCUT2D eigenvalue weighted by molar-refractivity contribution is 6.06. The first-order valence-electron chi connectivity index (χ1n) is 7.70. The minimum Gasteiger partial charge on any atom is -0.495 e. The molecule has 0 aliphatic rings. The van der Waals surface area contributed by atoms with Crippen LogP contribution in [0.1, 0.15) is 42.3 Å². The third-order valence-electron chi connectivity index (χ3n) is 3.79. The molecule has 0 aliphatic heterocycles. The van der Waals surface area contributed by atoms with Gasteiger partial charge >= 0.3 is 6.18 Å². The number of benzene rings is 2. The molecule has 2 aromatic carbocycles. The second-order valence-electron chi connectivity index (χ2n) is 6.66. The Balaban J connectivity index is 2.42. The Labute approximate surface area is 144 Å². The fraction of sp³-hybridized carbons (Fsp3) is 0.316. The normalized spacial score (nSPS) is 12.0. The number of anilines is 1. The van der Waals surface area contributed by atoms with E-state index in [0.717, 1.165) is 17.7 Å². The van der Waals surface area contributed by atoms with Crippen LogP contribution in [0.5, 0.6) is 5.75 Å². The van der Waals surface area contributed by atoms with Crippen LogP contribution in [-0.4, -0.2) is 13.0 Å². The number of halogens is 3. The molecule has 0 aliphatic carbocycles. The van der Waals surface area contributed by atoms with E-state index in [1.165, 1.54) is 19.2 Å². The summed E-state index contributed by atoms with van der Waals surface area (Å²) in [6, 6.07) is 9.94. The SMILES string of the molecule is COc1ccc(C(C)(C)C)cc1NC(=O)c1ccccc1C(F)(F)F. The van der Waals surface area contributed by atoms with E-state index in [9.17, 15) is 18.0 Å². The maximum Gasteiger partial charge on any atom is 0.417 e. The summed E-state index contributed by atoms with van der Waals surface area (Å²) in [6.07, 6.45) is -4.61. The van der Waals surface area contributed by atoms with Gasteiger partial charge < -0.3 is 10.1 Å². The zero-order valence-electron chi connectivity index (χ0n) is 14.5. The van der Waals surface area contributed by atoms with Crippen LogP contribution in [0.2, 0.25) is 0 Å². The molecule has 0 heterocycles. The van der Waals surface area contributed by atoms with Crippen molar-refractivity contribution in [1.29, 1.82) is 0 Å². The van der Waals surface area contributed by atoms with Gasteiger partial charge in [0, 0.05) is 0 Å². The van der Waals surface area contributed by atoms with Crippen LogP contribution in [0.3, 0.4) is 0 Å². The Hall–Kier alpha value is -2.50. The third-order valence-corrected chi connectivity index (χ3v) is 3.79. The van der Waals surface area contributed by atoms with E-state index in [1.54, 1.807) is 12.1 Å². The lowest BCUT2D eigenvalue weighted by Crippen LogP contribution is -2.19. The summed E-state index contributed by atoms with van der Waals surface area (Å²) >= 11 is 0. The highest BCUT2D eigenvalue weighted by Gasteiger charge is 2.35. The lowest BCUT2D eigenvalue weighted by atomic mass is 9.87. The fourth-order valence-electron chi connectivity index (χ4n) is 2.39. The molecular formula is C19H20F3NO2. The van der Waals surface area contributed by atoms with Crippen molar-refractivity contribution < 1.29 is 22.7 Å². The molecule has 0 spiro atoms. The second-order valence-corrected chi connectivity index (χ2v) is 6.66.